The first-order valence-corrected chi connectivity index (χ1v) is 7.80. The molecule has 2 unspecified atom stereocenters. The number of hydrogen-bond acceptors (Lipinski definition) is 3. The monoisotopic (exact) mass is 294 g/mol. The largest absolute Gasteiger partial charge is 0.392 e. The standard InChI is InChI=1S/C14H18N2OS2/c1-10-9-16(7-8-19-10)14(17)12(13(15)18)11-5-3-2-4-6-11/h2-6,10,12H,7-9H2,1H3,(H2,15,18). The van der Waals surface area contributed by atoms with Crippen molar-refractivity contribution in [2.75, 3.05) is 18.8 Å². The van der Waals surface area contributed by atoms with Gasteiger partial charge in [0.1, 0.15) is 5.92 Å². The Labute approximate surface area is 123 Å². The Morgan fingerprint density at radius 1 is 1.47 bits per heavy atom. The normalized spacial score (nSPS) is 20.9. The van der Waals surface area contributed by atoms with Gasteiger partial charge in [0.05, 0.1) is 4.99 Å². The molecule has 1 amide bonds. The van der Waals surface area contributed by atoms with Gasteiger partial charge in [-0.25, -0.2) is 0 Å². The molecule has 0 aromatic heterocycles. The van der Waals surface area contributed by atoms with E-state index >= 15 is 0 Å². The summed E-state index contributed by atoms with van der Waals surface area (Å²) in [5, 5.41) is 0.473. The van der Waals surface area contributed by atoms with E-state index in [4.69, 9.17) is 18.0 Å². The highest BCUT2D eigenvalue weighted by atomic mass is 32.2. The van der Waals surface area contributed by atoms with Crippen molar-refractivity contribution in [3.05, 3.63) is 35.9 Å². The third-order valence-corrected chi connectivity index (χ3v) is 4.59. The van der Waals surface area contributed by atoms with Gasteiger partial charge in [0.25, 0.3) is 0 Å². The molecule has 19 heavy (non-hydrogen) atoms. The van der Waals surface area contributed by atoms with Gasteiger partial charge >= 0.3 is 0 Å². The number of amides is 1. The zero-order valence-corrected chi connectivity index (χ0v) is 12.5. The Balaban J connectivity index is 2.20. The van der Waals surface area contributed by atoms with Gasteiger partial charge in [0.15, 0.2) is 0 Å². The van der Waals surface area contributed by atoms with E-state index < -0.39 is 5.92 Å². The number of nitrogens with zero attached hydrogens (tertiary/aromatic N) is 1. The number of rotatable bonds is 3. The van der Waals surface area contributed by atoms with Crippen LogP contribution in [0.25, 0.3) is 0 Å². The fourth-order valence-corrected chi connectivity index (χ4v) is 3.53. The molecular weight excluding hydrogens is 276 g/mol. The first-order chi connectivity index (χ1) is 9.09. The molecule has 1 heterocycles. The lowest BCUT2D eigenvalue weighted by Crippen LogP contribution is -2.45. The summed E-state index contributed by atoms with van der Waals surface area (Å²) < 4.78 is 0. The van der Waals surface area contributed by atoms with Crippen LogP contribution in [0.2, 0.25) is 0 Å². The number of hydrogen-bond donors (Lipinski definition) is 1. The number of carbonyl (C=O) groups is 1. The molecule has 1 aliphatic rings. The second kappa shape index (κ2) is 6.39. The summed E-state index contributed by atoms with van der Waals surface area (Å²) in [7, 11) is 0. The summed E-state index contributed by atoms with van der Waals surface area (Å²) in [4.78, 5) is 14.8. The van der Waals surface area contributed by atoms with Crippen molar-refractivity contribution >= 4 is 34.9 Å². The number of carbonyl (C=O) groups excluding carboxylic acids is 1. The molecule has 0 saturated carbocycles. The number of thioether (sulfide) groups is 1. The smallest absolute Gasteiger partial charge is 0.237 e. The number of nitrogens with two attached hydrogens (primary N) is 1. The third kappa shape index (κ3) is 3.48. The zero-order chi connectivity index (χ0) is 13.8. The van der Waals surface area contributed by atoms with Crippen LogP contribution in [0.3, 0.4) is 0 Å². The second-order valence-electron chi connectivity index (χ2n) is 4.71. The predicted molar refractivity (Wildman–Crippen MR) is 84.5 cm³/mol. The van der Waals surface area contributed by atoms with Gasteiger partial charge in [-0.1, -0.05) is 49.5 Å². The Kier molecular flexibility index (Phi) is 4.82. The highest BCUT2D eigenvalue weighted by Crippen LogP contribution is 2.24. The molecule has 3 nitrogen and oxygen atoms in total. The minimum atomic E-state index is -0.494. The van der Waals surface area contributed by atoms with Crippen LogP contribution < -0.4 is 5.73 Å². The van der Waals surface area contributed by atoms with Crippen LogP contribution in [0.5, 0.6) is 0 Å². The Morgan fingerprint density at radius 2 is 2.16 bits per heavy atom. The summed E-state index contributed by atoms with van der Waals surface area (Å²) in [6.07, 6.45) is 0. The van der Waals surface area contributed by atoms with Crippen molar-refractivity contribution in [3.8, 4) is 0 Å². The molecule has 0 bridgehead atoms. The second-order valence-corrected chi connectivity index (χ2v) is 6.73. The summed E-state index contributed by atoms with van der Waals surface area (Å²) in [5.41, 5.74) is 6.67. The number of benzene rings is 1. The van der Waals surface area contributed by atoms with Crippen molar-refractivity contribution in [2.24, 2.45) is 5.73 Å². The summed E-state index contributed by atoms with van der Waals surface area (Å²) in [6, 6.07) is 9.54. The summed E-state index contributed by atoms with van der Waals surface area (Å²) in [5.74, 6) is 0.517. The molecule has 1 fully saturated rings. The molecule has 0 radical (unpaired) electrons. The lowest BCUT2D eigenvalue weighted by atomic mass is 9.97. The maximum Gasteiger partial charge on any atom is 0.237 e. The Bertz CT molecular complexity index is 464. The van der Waals surface area contributed by atoms with Gasteiger partial charge in [-0.3, -0.25) is 4.79 Å². The topological polar surface area (TPSA) is 46.3 Å². The van der Waals surface area contributed by atoms with Crippen LogP contribution in [0.15, 0.2) is 30.3 Å². The maximum absolute atomic E-state index is 12.6. The minimum Gasteiger partial charge on any atom is -0.392 e. The van der Waals surface area contributed by atoms with E-state index in [-0.39, 0.29) is 10.9 Å². The van der Waals surface area contributed by atoms with Crippen molar-refractivity contribution < 1.29 is 4.79 Å². The summed E-state index contributed by atoms with van der Waals surface area (Å²) >= 11 is 7.00. The maximum atomic E-state index is 12.6. The molecule has 2 rings (SSSR count). The molecule has 0 spiro atoms. The lowest BCUT2D eigenvalue weighted by molar-refractivity contribution is -0.131. The molecule has 5 heteroatoms. The highest BCUT2D eigenvalue weighted by molar-refractivity contribution is 7.99. The van der Waals surface area contributed by atoms with E-state index in [1.807, 2.05) is 47.0 Å². The molecule has 1 aliphatic heterocycles. The third-order valence-electron chi connectivity index (χ3n) is 3.22. The van der Waals surface area contributed by atoms with Gasteiger partial charge in [-0.15, -0.1) is 0 Å². The minimum absolute atomic E-state index is 0.0332. The fourth-order valence-electron chi connectivity index (χ4n) is 2.28. The van der Waals surface area contributed by atoms with Crippen molar-refractivity contribution in [2.45, 2.75) is 18.1 Å². The van der Waals surface area contributed by atoms with Crippen LogP contribution in [0.1, 0.15) is 18.4 Å². The molecule has 1 aromatic carbocycles. The molecule has 2 atom stereocenters. The van der Waals surface area contributed by atoms with E-state index in [1.165, 1.54) is 0 Å². The van der Waals surface area contributed by atoms with Crippen LogP contribution in [0, 0.1) is 0 Å². The molecule has 1 aromatic rings. The number of thiocarbonyl (C=S) groups is 1. The van der Waals surface area contributed by atoms with Crippen LogP contribution >= 0.6 is 24.0 Å². The quantitative estimate of drug-likeness (QED) is 0.867. The van der Waals surface area contributed by atoms with Crippen molar-refractivity contribution in [3.63, 3.8) is 0 Å². The van der Waals surface area contributed by atoms with E-state index in [2.05, 4.69) is 6.92 Å². The lowest BCUT2D eigenvalue weighted by Gasteiger charge is -2.33. The first-order valence-electron chi connectivity index (χ1n) is 6.34. The predicted octanol–water partition coefficient (Wildman–Crippen LogP) is 2.02. The Morgan fingerprint density at radius 3 is 2.74 bits per heavy atom. The molecule has 0 aliphatic carbocycles. The van der Waals surface area contributed by atoms with Crippen molar-refractivity contribution in [1.82, 2.24) is 4.90 Å². The first kappa shape index (κ1) is 14.3. The van der Waals surface area contributed by atoms with Crippen LogP contribution in [-0.2, 0) is 4.79 Å². The van der Waals surface area contributed by atoms with Crippen LogP contribution in [0.4, 0.5) is 0 Å². The van der Waals surface area contributed by atoms with E-state index in [0.717, 1.165) is 24.4 Å². The average molecular weight is 294 g/mol. The van der Waals surface area contributed by atoms with Gasteiger partial charge in [0, 0.05) is 24.1 Å². The summed E-state index contributed by atoms with van der Waals surface area (Å²) in [6.45, 7) is 3.69. The molecule has 102 valence electrons. The van der Waals surface area contributed by atoms with Crippen LogP contribution in [-0.4, -0.2) is 39.9 Å². The molecular formula is C14H18N2OS2. The molecule has 1 saturated heterocycles. The fraction of sp³-hybridized carbons (Fsp3) is 0.429. The van der Waals surface area contributed by atoms with Gasteiger partial charge in [-0.05, 0) is 5.56 Å². The van der Waals surface area contributed by atoms with Gasteiger partial charge in [-0.2, -0.15) is 11.8 Å². The van der Waals surface area contributed by atoms with E-state index in [0.29, 0.717) is 5.25 Å². The SMILES string of the molecule is CC1CN(C(=O)C(C(N)=S)c2ccccc2)CCS1. The van der Waals surface area contributed by atoms with E-state index in [9.17, 15) is 4.79 Å². The molecule has 2 N–H and O–H groups in total. The van der Waals surface area contributed by atoms with E-state index in [1.54, 1.807) is 0 Å². The van der Waals surface area contributed by atoms with Crippen molar-refractivity contribution in [1.29, 1.82) is 0 Å². The highest BCUT2D eigenvalue weighted by Gasteiger charge is 2.30. The van der Waals surface area contributed by atoms with Gasteiger partial charge in [0.2, 0.25) is 5.91 Å². The Hall–Kier alpha value is -1.07. The average Bonchev–Trinajstić information content (AvgIpc) is 2.39. The van der Waals surface area contributed by atoms with Gasteiger partial charge < -0.3 is 10.6 Å². The zero-order valence-electron chi connectivity index (χ0n) is 10.9.